The van der Waals surface area contributed by atoms with E-state index in [1.807, 2.05) is 12.3 Å². The van der Waals surface area contributed by atoms with E-state index in [2.05, 4.69) is 5.32 Å². The normalized spacial score (nSPS) is 19.2. The number of thioether (sulfide) groups is 1. The molecule has 1 aliphatic rings. The molecule has 0 spiro atoms. The molecule has 6 nitrogen and oxygen atoms in total. The van der Waals surface area contributed by atoms with Crippen LogP contribution in [0.2, 0.25) is 0 Å². The lowest BCUT2D eigenvalue weighted by molar-refractivity contribution is -0.121. The molecule has 3 N–H and O–H groups in total. The van der Waals surface area contributed by atoms with Gasteiger partial charge in [-0.15, -0.1) is 11.8 Å². The zero-order valence-electron chi connectivity index (χ0n) is 13.9. The van der Waals surface area contributed by atoms with Gasteiger partial charge >= 0.3 is 0 Å². The number of carbonyl (C=O) groups excluding carboxylic acids is 1. The van der Waals surface area contributed by atoms with E-state index in [4.69, 9.17) is 5.73 Å². The molecular weight excluding hydrogens is 346 g/mol. The lowest BCUT2D eigenvalue weighted by Gasteiger charge is -2.34. The molecular formula is C16H25N3O3S2. The molecule has 0 aromatic heterocycles. The van der Waals surface area contributed by atoms with Crippen LogP contribution in [0, 0.1) is 0 Å². The van der Waals surface area contributed by atoms with Gasteiger partial charge in [-0.3, -0.25) is 4.79 Å². The summed E-state index contributed by atoms with van der Waals surface area (Å²) in [6.45, 7) is 1.11. The Morgan fingerprint density at radius 1 is 1.42 bits per heavy atom. The van der Waals surface area contributed by atoms with E-state index in [0.29, 0.717) is 24.5 Å². The van der Waals surface area contributed by atoms with Gasteiger partial charge in [-0.2, -0.15) is 4.31 Å². The minimum absolute atomic E-state index is 0.134. The highest BCUT2D eigenvalue weighted by molar-refractivity contribution is 7.98. The molecule has 0 radical (unpaired) electrons. The summed E-state index contributed by atoms with van der Waals surface area (Å²) in [7, 11) is -3.56. The number of rotatable bonds is 7. The first-order chi connectivity index (χ1) is 11.5. The fraction of sp³-hybridized carbons (Fsp3) is 0.562. The van der Waals surface area contributed by atoms with Crippen LogP contribution in [0.5, 0.6) is 0 Å². The summed E-state index contributed by atoms with van der Waals surface area (Å²) in [5, 5.41) is 2.80. The van der Waals surface area contributed by atoms with Crippen LogP contribution < -0.4 is 11.1 Å². The monoisotopic (exact) mass is 371 g/mol. The summed E-state index contributed by atoms with van der Waals surface area (Å²) in [5.74, 6) is -0.134. The largest absolute Gasteiger partial charge is 0.354 e. The van der Waals surface area contributed by atoms with Crippen molar-refractivity contribution in [2.24, 2.45) is 5.73 Å². The Morgan fingerprint density at radius 3 is 2.92 bits per heavy atom. The molecule has 1 amide bonds. The minimum atomic E-state index is -3.56. The van der Waals surface area contributed by atoms with E-state index in [1.54, 1.807) is 22.5 Å². The van der Waals surface area contributed by atoms with Gasteiger partial charge in [0.15, 0.2) is 0 Å². The lowest BCUT2D eigenvalue weighted by atomic mass is 10.1. The number of piperidine rings is 1. The molecule has 2 rings (SSSR count). The van der Waals surface area contributed by atoms with Gasteiger partial charge in [0.25, 0.3) is 0 Å². The van der Waals surface area contributed by atoms with Crippen LogP contribution in [-0.4, -0.2) is 50.6 Å². The average molecular weight is 372 g/mol. The first-order valence-electron chi connectivity index (χ1n) is 8.11. The highest BCUT2D eigenvalue weighted by Crippen LogP contribution is 2.27. The first-order valence-corrected chi connectivity index (χ1v) is 10.8. The Bertz CT molecular complexity index is 664. The molecule has 0 saturated carbocycles. The summed E-state index contributed by atoms with van der Waals surface area (Å²) >= 11 is 1.51. The van der Waals surface area contributed by atoms with Crippen LogP contribution in [0.15, 0.2) is 34.1 Å². The second-order valence-corrected chi connectivity index (χ2v) is 8.56. The lowest BCUT2D eigenvalue weighted by Crippen LogP contribution is -2.49. The van der Waals surface area contributed by atoms with E-state index in [9.17, 15) is 13.2 Å². The third kappa shape index (κ3) is 4.72. The molecule has 24 heavy (non-hydrogen) atoms. The van der Waals surface area contributed by atoms with Crippen molar-refractivity contribution in [2.75, 3.05) is 25.9 Å². The molecule has 0 aliphatic carbocycles. The summed E-state index contributed by atoms with van der Waals surface area (Å²) < 4.78 is 27.6. The van der Waals surface area contributed by atoms with Gasteiger partial charge in [0.1, 0.15) is 0 Å². The zero-order valence-corrected chi connectivity index (χ0v) is 15.5. The van der Waals surface area contributed by atoms with E-state index >= 15 is 0 Å². The molecule has 1 aromatic carbocycles. The Hall–Kier alpha value is -1.09. The first kappa shape index (κ1) is 19.2. The van der Waals surface area contributed by atoms with Crippen molar-refractivity contribution < 1.29 is 13.2 Å². The highest BCUT2D eigenvalue weighted by Gasteiger charge is 2.33. The number of carbonyl (C=O) groups is 1. The highest BCUT2D eigenvalue weighted by atomic mass is 32.2. The maximum absolute atomic E-state index is 13.0. The van der Waals surface area contributed by atoms with Crippen molar-refractivity contribution in [3.05, 3.63) is 24.3 Å². The van der Waals surface area contributed by atoms with Crippen molar-refractivity contribution in [3.8, 4) is 0 Å². The molecule has 1 fully saturated rings. The van der Waals surface area contributed by atoms with E-state index in [-0.39, 0.29) is 18.4 Å². The number of hydrogen-bond acceptors (Lipinski definition) is 5. The number of hydrogen-bond donors (Lipinski definition) is 2. The maximum Gasteiger partial charge on any atom is 0.243 e. The summed E-state index contributed by atoms with van der Waals surface area (Å²) in [5.41, 5.74) is 5.37. The number of amides is 1. The van der Waals surface area contributed by atoms with Crippen molar-refractivity contribution in [2.45, 2.75) is 41.5 Å². The fourth-order valence-electron chi connectivity index (χ4n) is 2.84. The van der Waals surface area contributed by atoms with Gasteiger partial charge < -0.3 is 11.1 Å². The fourth-order valence-corrected chi connectivity index (χ4v) is 5.12. The number of nitrogens with one attached hydrogen (secondary N) is 1. The van der Waals surface area contributed by atoms with E-state index in [0.717, 1.165) is 24.2 Å². The Balaban J connectivity index is 2.17. The predicted molar refractivity (Wildman–Crippen MR) is 96.4 cm³/mol. The molecule has 134 valence electrons. The van der Waals surface area contributed by atoms with Gasteiger partial charge in [0.2, 0.25) is 15.9 Å². The standard InChI is InChI=1S/C16H25N3O3S2/c1-23-14-6-4-7-15(11-14)24(21,22)19-10-3-2-5-13(19)12-18-16(20)8-9-17/h4,6-7,11,13H,2-3,5,8-10,12,17H2,1H3,(H,18,20). The van der Waals surface area contributed by atoms with Crippen molar-refractivity contribution >= 4 is 27.7 Å². The number of nitrogens with zero attached hydrogens (tertiary/aromatic N) is 1. The molecule has 1 atom stereocenters. The smallest absolute Gasteiger partial charge is 0.243 e. The van der Waals surface area contributed by atoms with Crippen LogP contribution in [0.3, 0.4) is 0 Å². The third-order valence-electron chi connectivity index (χ3n) is 4.13. The summed E-state index contributed by atoms with van der Waals surface area (Å²) in [6.07, 6.45) is 4.74. The average Bonchev–Trinajstić information content (AvgIpc) is 2.60. The topological polar surface area (TPSA) is 92.5 Å². The van der Waals surface area contributed by atoms with Crippen molar-refractivity contribution in [1.29, 1.82) is 0 Å². The van der Waals surface area contributed by atoms with Gasteiger partial charge in [0, 0.05) is 37.0 Å². The molecule has 1 unspecified atom stereocenters. The predicted octanol–water partition coefficient (Wildman–Crippen LogP) is 1.42. The Labute approximate surface area is 148 Å². The quantitative estimate of drug-likeness (QED) is 0.707. The zero-order chi connectivity index (χ0) is 17.6. The van der Waals surface area contributed by atoms with Crippen LogP contribution in [0.25, 0.3) is 0 Å². The van der Waals surface area contributed by atoms with Crippen molar-refractivity contribution in [1.82, 2.24) is 9.62 Å². The van der Waals surface area contributed by atoms with Crippen LogP contribution in [0.4, 0.5) is 0 Å². The van der Waals surface area contributed by atoms with Gasteiger partial charge in [-0.1, -0.05) is 12.5 Å². The SMILES string of the molecule is CSc1cccc(S(=O)(=O)N2CCCCC2CNC(=O)CCN)c1. The number of nitrogens with two attached hydrogens (primary N) is 1. The second kappa shape index (κ2) is 8.84. The third-order valence-corrected chi connectivity index (χ3v) is 6.80. The van der Waals surface area contributed by atoms with Gasteiger partial charge in [0.05, 0.1) is 4.90 Å². The maximum atomic E-state index is 13.0. The van der Waals surface area contributed by atoms with E-state index < -0.39 is 10.0 Å². The summed E-state index contributed by atoms with van der Waals surface area (Å²) in [4.78, 5) is 12.9. The minimum Gasteiger partial charge on any atom is -0.354 e. The van der Waals surface area contributed by atoms with Gasteiger partial charge in [-0.25, -0.2) is 8.42 Å². The summed E-state index contributed by atoms with van der Waals surface area (Å²) in [6, 6.07) is 6.79. The molecule has 8 heteroatoms. The molecule has 1 aromatic rings. The molecule has 1 heterocycles. The Kier molecular flexibility index (Phi) is 7.09. The van der Waals surface area contributed by atoms with Gasteiger partial charge in [-0.05, 0) is 37.3 Å². The van der Waals surface area contributed by atoms with E-state index in [1.165, 1.54) is 11.8 Å². The van der Waals surface area contributed by atoms with Crippen LogP contribution in [-0.2, 0) is 14.8 Å². The molecule has 0 bridgehead atoms. The number of benzene rings is 1. The van der Waals surface area contributed by atoms with Crippen LogP contribution >= 0.6 is 11.8 Å². The Morgan fingerprint density at radius 2 is 2.21 bits per heavy atom. The van der Waals surface area contributed by atoms with Crippen molar-refractivity contribution in [3.63, 3.8) is 0 Å². The van der Waals surface area contributed by atoms with Crippen LogP contribution in [0.1, 0.15) is 25.7 Å². The second-order valence-electron chi connectivity index (χ2n) is 5.79. The number of sulfonamides is 1. The molecule has 1 aliphatic heterocycles. The molecule has 1 saturated heterocycles.